The second-order valence-electron chi connectivity index (χ2n) is 5.75. The van der Waals surface area contributed by atoms with Gasteiger partial charge in [0.15, 0.2) is 0 Å². The normalized spacial score (nSPS) is 10.8. The molecule has 0 atom stereocenters. The van der Waals surface area contributed by atoms with Crippen molar-refractivity contribution in [3.8, 4) is 11.5 Å². The first-order valence-electron chi connectivity index (χ1n) is 8.20. The van der Waals surface area contributed by atoms with Gasteiger partial charge in [-0.3, -0.25) is 9.59 Å². The van der Waals surface area contributed by atoms with Gasteiger partial charge in [0.25, 0.3) is 5.56 Å². The summed E-state index contributed by atoms with van der Waals surface area (Å²) in [5, 5.41) is 10.2. The summed E-state index contributed by atoms with van der Waals surface area (Å²) in [4.78, 5) is 24.1. The summed E-state index contributed by atoms with van der Waals surface area (Å²) in [6.07, 6.45) is 2.02. The molecule has 2 aromatic heterocycles. The van der Waals surface area contributed by atoms with Gasteiger partial charge in [-0.05, 0) is 12.1 Å². The van der Waals surface area contributed by atoms with Gasteiger partial charge in [-0.15, -0.1) is 10.2 Å². The Morgan fingerprint density at radius 3 is 2.74 bits per heavy atom. The molecule has 0 radical (unpaired) electrons. The highest BCUT2D eigenvalue weighted by Gasteiger charge is 2.11. The van der Waals surface area contributed by atoms with Gasteiger partial charge in [-0.25, -0.2) is 8.78 Å². The van der Waals surface area contributed by atoms with E-state index in [1.165, 1.54) is 29.0 Å². The zero-order chi connectivity index (χ0) is 19.4. The molecule has 0 saturated heterocycles. The van der Waals surface area contributed by atoms with Crippen LogP contribution in [0.2, 0.25) is 0 Å². The van der Waals surface area contributed by atoms with E-state index in [-0.39, 0.29) is 24.5 Å². The number of carbonyl (C=O) groups is 1. The third-order valence-electron chi connectivity index (χ3n) is 3.80. The number of benzene rings is 1. The Bertz CT molecular complexity index is 1030. The summed E-state index contributed by atoms with van der Waals surface area (Å²) in [7, 11) is 0. The lowest BCUT2D eigenvalue weighted by molar-refractivity contribution is -0.121. The largest absolute Gasteiger partial charge is 0.421 e. The van der Waals surface area contributed by atoms with Crippen LogP contribution in [0.4, 0.5) is 8.78 Å². The molecule has 0 spiro atoms. The van der Waals surface area contributed by atoms with Crippen LogP contribution in [0.1, 0.15) is 18.4 Å². The average molecular weight is 374 g/mol. The van der Waals surface area contributed by atoms with Crippen molar-refractivity contribution in [3.05, 3.63) is 70.0 Å². The minimum absolute atomic E-state index is 0.122. The third kappa shape index (κ3) is 4.43. The molecule has 27 heavy (non-hydrogen) atoms. The number of halogens is 2. The first-order chi connectivity index (χ1) is 13.0. The number of carbonyl (C=O) groups excluding carboxylic acids is 1. The molecule has 1 amide bonds. The fourth-order valence-corrected chi connectivity index (χ4v) is 2.36. The molecule has 7 nitrogen and oxygen atoms in total. The minimum Gasteiger partial charge on any atom is -0.421 e. The van der Waals surface area contributed by atoms with E-state index in [9.17, 15) is 18.4 Å². The number of hydrogen-bond donors (Lipinski definition) is 1. The highest BCUT2D eigenvalue weighted by Crippen LogP contribution is 2.16. The van der Waals surface area contributed by atoms with Crippen LogP contribution in [0.25, 0.3) is 11.5 Å². The first kappa shape index (κ1) is 18.4. The van der Waals surface area contributed by atoms with Crippen molar-refractivity contribution in [1.29, 1.82) is 0 Å². The summed E-state index contributed by atoms with van der Waals surface area (Å²) in [6, 6.07) is 5.91. The maximum absolute atomic E-state index is 13.6. The molecular formula is C18H16F2N4O3. The Hall–Kier alpha value is -3.36. The van der Waals surface area contributed by atoms with Gasteiger partial charge in [0.05, 0.1) is 5.56 Å². The summed E-state index contributed by atoms with van der Waals surface area (Å²) in [5.41, 5.74) is 0.250. The van der Waals surface area contributed by atoms with Crippen molar-refractivity contribution in [2.75, 3.05) is 0 Å². The lowest BCUT2D eigenvalue weighted by Crippen LogP contribution is -2.31. The molecule has 0 aliphatic rings. The number of nitrogens with one attached hydrogen (secondary N) is 1. The van der Waals surface area contributed by atoms with E-state index >= 15 is 0 Å². The quantitative estimate of drug-likeness (QED) is 0.713. The molecule has 3 aromatic rings. The van der Waals surface area contributed by atoms with Crippen molar-refractivity contribution < 1.29 is 18.0 Å². The summed E-state index contributed by atoms with van der Waals surface area (Å²) in [6.45, 7) is 1.47. The van der Waals surface area contributed by atoms with Crippen LogP contribution >= 0.6 is 0 Å². The maximum Gasteiger partial charge on any atom is 0.251 e. The Morgan fingerprint density at radius 2 is 2.04 bits per heavy atom. The number of rotatable bonds is 6. The lowest BCUT2D eigenvalue weighted by atomic mass is 10.2. The molecule has 0 unspecified atom stereocenters. The number of pyridine rings is 1. The van der Waals surface area contributed by atoms with Gasteiger partial charge in [-0.2, -0.15) is 0 Å². The van der Waals surface area contributed by atoms with Crippen molar-refractivity contribution in [2.45, 2.75) is 26.4 Å². The van der Waals surface area contributed by atoms with Crippen LogP contribution in [0.3, 0.4) is 0 Å². The van der Waals surface area contributed by atoms with Crippen molar-refractivity contribution >= 4 is 5.91 Å². The number of hydrogen-bond acceptors (Lipinski definition) is 5. The number of aromatic nitrogens is 3. The van der Waals surface area contributed by atoms with Gasteiger partial charge in [-0.1, -0.05) is 13.0 Å². The zero-order valence-electron chi connectivity index (χ0n) is 14.4. The highest BCUT2D eigenvalue weighted by atomic mass is 19.1. The summed E-state index contributed by atoms with van der Waals surface area (Å²) >= 11 is 0. The molecule has 1 N–H and O–H groups in total. The Morgan fingerprint density at radius 1 is 1.22 bits per heavy atom. The van der Waals surface area contributed by atoms with E-state index in [0.717, 1.165) is 12.1 Å². The standard InChI is InChI=1S/C18H16F2N4O3/c1-2-16-22-23-18(27-16)12-4-6-17(26)24(9-12)10-15(25)21-8-11-3-5-13(19)7-14(11)20/h3-7,9H,2,8,10H2,1H3,(H,21,25). The molecule has 0 bridgehead atoms. The smallest absolute Gasteiger partial charge is 0.251 e. The van der Waals surface area contributed by atoms with E-state index in [4.69, 9.17) is 4.42 Å². The van der Waals surface area contributed by atoms with Gasteiger partial charge in [0, 0.05) is 36.9 Å². The zero-order valence-corrected chi connectivity index (χ0v) is 14.4. The van der Waals surface area contributed by atoms with Crippen LogP contribution in [-0.2, 0) is 24.3 Å². The summed E-state index contributed by atoms with van der Waals surface area (Å²) in [5.74, 6) is -1.25. The maximum atomic E-state index is 13.6. The Labute approximate surface area is 152 Å². The predicted octanol–water partition coefficient (Wildman–Crippen LogP) is 2.06. The fraction of sp³-hybridized carbons (Fsp3) is 0.222. The topological polar surface area (TPSA) is 90.0 Å². The lowest BCUT2D eigenvalue weighted by Gasteiger charge is -2.09. The second kappa shape index (κ2) is 7.90. The van der Waals surface area contributed by atoms with Crippen LogP contribution in [0, 0.1) is 11.6 Å². The van der Waals surface area contributed by atoms with Crippen molar-refractivity contribution in [1.82, 2.24) is 20.1 Å². The second-order valence-corrected chi connectivity index (χ2v) is 5.75. The van der Waals surface area contributed by atoms with Gasteiger partial charge in [0.1, 0.15) is 18.2 Å². The van der Waals surface area contributed by atoms with Crippen LogP contribution in [-0.4, -0.2) is 20.7 Å². The first-order valence-corrected chi connectivity index (χ1v) is 8.20. The van der Waals surface area contributed by atoms with Crippen LogP contribution in [0.15, 0.2) is 45.7 Å². The highest BCUT2D eigenvalue weighted by molar-refractivity contribution is 5.75. The predicted molar refractivity (Wildman–Crippen MR) is 91.6 cm³/mol. The van der Waals surface area contributed by atoms with Crippen molar-refractivity contribution in [3.63, 3.8) is 0 Å². The van der Waals surface area contributed by atoms with Gasteiger partial charge in [0.2, 0.25) is 17.7 Å². The molecule has 0 aliphatic carbocycles. The molecule has 2 heterocycles. The molecule has 140 valence electrons. The third-order valence-corrected chi connectivity index (χ3v) is 3.80. The van der Waals surface area contributed by atoms with E-state index in [1.807, 2.05) is 6.92 Å². The van der Waals surface area contributed by atoms with E-state index in [0.29, 0.717) is 17.9 Å². The Kier molecular flexibility index (Phi) is 5.39. The monoisotopic (exact) mass is 374 g/mol. The summed E-state index contributed by atoms with van der Waals surface area (Å²) < 4.78 is 33.1. The van der Waals surface area contributed by atoms with Crippen LogP contribution in [0.5, 0.6) is 0 Å². The average Bonchev–Trinajstić information content (AvgIpc) is 3.12. The molecule has 1 aromatic carbocycles. The molecule has 3 rings (SSSR count). The molecule has 0 aliphatic heterocycles. The van der Waals surface area contributed by atoms with E-state index in [2.05, 4.69) is 15.5 Å². The number of aryl methyl sites for hydroxylation is 1. The SMILES string of the molecule is CCc1nnc(-c2ccc(=O)n(CC(=O)NCc3ccc(F)cc3F)c2)o1. The molecule has 9 heteroatoms. The van der Waals surface area contributed by atoms with Gasteiger partial charge < -0.3 is 14.3 Å². The fourth-order valence-electron chi connectivity index (χ4n) is 2.36. The van der Waals surface area contributed by atoms with Gasteiger partial charge >= 0.3 is 0 Å². The minimum atomic E-state index is -0.752. The molecule has 0 saturated carbocycles. The Balaban J connectivity index is 1.70. The van der Waals surface area contributed by atoms with E-state index in [1.54, 1.807) is 0 Å². The molecule has 0 fully saturated rings. The molecular weight excluding hydrogens is 358 g/mol. The van der Waals surface area contributed by atoms with Crippen LogP contribution < -0.4 is 10.9 Å². The number of nitrogens with zero attached hydrogens (tertiary/aromatic N) is 3. The number of amides is 1. The van der Waals surface area contributed by atoms with E-state index < -0.39 is 23.1 Å². The van der Waals surface area contributed by atoms with Crippen molar-refractivity contribution in [2.24, 2.45) is 0 Å².